The van der Waals surface area contributed by atoms with Crippen LogP contribution in [-0.2, 0) is 15.6 Å². The van der Waals surface area contributed by atoms with E-state index in [1.807, 2.05) is 63.5 Å². The number of rotatable bonds is 5. The largest absolute Gasteiger partial charge is 0.457 e. The maximum absolute atomic E-state index is 13.5. The van der Waals surface area contributed by atoms with Gasteiger partial charge in [0.15, 0.2) is 0 Å². The lowest BCUT2D eigenvalue weighted by molar-refractivity contribution is 0.332. The minimum absolute atomic E-state index is 0.000190. The summed E-state index contributed by atoms with van der Waals surface area (Å²) in [6, 6.07) is 14.2. The molecule has 7 heteroatoms. The van der Waals surface area contributed by atoms with Crippen LogP contribution in [0.5, 0.6) is 0 Å². The Morgan fingerprint density at radius 2 is 1.53 bits per heavy atom. The van der Waals surface area contributed by atoms with Crippen LogP contribution in [0.3, 0.4) is 0 Å². The molecule has 7 nitrogen and oxygen atoms in total. The second-order valence-corrected chi connectivity index (χ2v) is 14.2. The van der Waals surface area contributed by atoms with Crippen molar-refractivity contribution in [1.29, 1.82) is 10.5 Å². The summed E-state index contributed by atoms with van der Waals surface area (Å²) in [5, 5.41) is 20.1. The van der Waals surface area contributed by atoms with Gasteiger partial charge in [-0.1, -0.05) is 39.8 Å². The maximum atomic E-state index is 13.5. The number of nitrogens with zero attached hydrogens (tertiary/aromatic N) is 4. The SMILES string of the molecule is Cc1cc(N(C)C)ccc1/C=C/C1=CC(=C(C#N)C#N)C=C(/C=C/c2cc3cc4c5c(c3oc2=O)C(C)(C)CCN5CCC4(C)C)O1. The average molecular weight is 625 g/mol. The predicted octanol–water partition coefficient (Wildman–Crippen LogP) is 8.20. The highest BCUT2D eigenvalue weighted by molar-refractivity contribution is 5.91. The molecule has 0 aliphatic carbocycles. The van der Waals surface area contributed by atoms with Crippen molar-refractivity contribution in [2.75, 3.05) is 37.0 Å². The van der Waals surface area contributed by atoms with Gasteiger partial charge in [-0.25, -0.2) is 4.79 Å². The van der Waals surface area contributed by atoms with Crippen molar-refractivity contribution in [3.63, 3.8) is 0 Å². The molecule has 0 amide bonds. The molecule has 0 saturated heterocycles. The second-order valence-electron chi connectivity index (χ2n) is 14.2. The van der Waals surface area contributed by atoms with Gasteiger partial charge in [0.25, 0.3) is 0 Å². The van der Waals surface area contributed by atoms with Gasteiger partial charge >= 0.3 is 5.63 Å². The number of allylic oxidation sites excluding steroid dienone is 6. The molecule has 0 N–H and O–H groups in total. The molecule has 2 aromatic carbocycles. The summed E-state index contributed by atoms with van der Waals surface area (Å²) >= 11 is 0. The van der Waals surface area contributed by atoms with Crippen LogP contribution in [0.1, 0.15) is 68.4 Å². The van der Waals surface area contributed by atoms with Gasteiger partial charge in [-0.15, -0.1) is 0 Å². The van der Waals surface area contributed by atoms with Crippen LogP contribution in [0.4, 0.5) is 11.4 Å². The van der Waals surface area contributed by atoms with Crippen LogP contribution in [0, 0.1) is 29.6 Å². The van der Waals surface area contributed by atoms with E-state index in [1.165, 1.54) is 11.3 Å². The van der Waals surface area contributed by atoms with Gasteiger partial charge in [-0.2, -0.15) is 10.5 Å². The summed E-state index contributed by atoms with van der Waals surface area (Å²) in [6.07, 6.45) is 12.5. The predicted molar refractivity (Wildman–Crippen MR) is 189 cm³/mol. The number of hydrogen-bond acceptors (Lipinski definition) is 7. The minimum atomic E-state index is -0.429. The Balaban J connectivity index is 1.38. The van der Waals surface area contributed by atoms with Crippen LogP contribution in [0.15, 0.2) is 86.5 Å². The summed E-state index contributed by atoms with van der Waals surface area (Å²) in [5.41, 5.74) is 7.77. The molecule has 0 spiro atoms. The normalized spacial score (nSPS) is 17.9. The van der Waals surface area contributed by atoms with E-state index in [9.17, 15) is 15.3 Å². The first-order valence-electron chi connectivity index (χ1n) is 16.0. The zero-order chi connectivity index (χ0) is 33.7. The highest BCUT2D eigenvalue weighted by Crippen LogP contribution is 2.51. The fourth-order valence-corrected chi connectivity index (χ4v) is 6.76. The van der Waals surface area contributed by atoms with E-state index < -0.39 is 5.63 Å². The summed E-state index contributed by atoms with van der Waals surface area (Å²) in [7, 11) is 4.00. The average Bonchev–Trinajstić information content (AvgIpc) is 3.02. The van der Waals surface area contributed by atoms with E-state index >= 15 is 0 Å². The molecule has 0 bridgehead atoms. The molecular weight excluding hydrogens is 584 g/mol. The van der Waals surface area contributed by atoms with Crippen LogP contribution in [-0.4, -0.2) is 27.2 Å². The van der Waals surface area contributed by atoms with E-state index in [1.54, 1.807) is 24.3 Å². The maximum Gasteiger partial charge on any atom is 0.343 e. The van der Waals surface area contributed by atoms with Crippen LogP contribution >= 0.6 is 0 Å². The van der Waals surface area contributed by atoms with Crippen molar-refractivity contribution >= 4 is 34.5 Å². The molecule has 3 aromatic rings. The first kappa shape index (κ1) is 31.7. The number of nitriles is 2. The van der Waals surface area contributed by atoms with E-state index in [2.05, 4.69) is 49.6 Å². The standard InChI is InChI=1S/C40H40N4O3/c1-25-18-31(43(6)7)11-8-26(25)9-12-32-20-28(30(23-41)24-42)21-33(46-32)13-10-27-19-29-22-34-36-35(37(29)47-38(27)45)40(4,5)15-17-44(36)16-14-39(34,2)3/h8-13,18-22H,14-17H2,1-7H3/b12-9+,13-10+. The lowest BCUT2D eigenvalue weighted by Crippen LogP contribution is -2.44. The third kappa shape index (κ3) is 5.90. The Kier molecular flexibility index (Phi) is 7.98. The monoisotopic (exact) mass is 624 g/mol. The minimum Gasteiger partial charge on any atom is -0.457 e. The lowest BCUT2D eigenvalue weighted by Gasteiger charge is -2.48. The summed E-state index contributed by atoms with van der Waals surface area (Å²) in [4.78, 5) is 18.0. The van der Waals surface area contributed by atoms with Gasteiger partial charge in [0.05, 0.1) is 5.56 Å². The molecule has 1 aromatic heterocycles. The van der Waals surface area contributed by atoms with Gasteiger partial charge < -0.3 is 19.0 Å². The topological polar surface area (TPSA) is 93.5 Å². The van der Waals surface area contributed by atoms with Crippen molar-refractivity contribution in [2.24, 2.45) is 0 Å². The van der Waals surface area contributed by atoms with Crippen molar-refractivity contribution in [3.8, 4) is 12.1 Å². The molecule has 3 aliphatic rings. The van der Waals surface area contributed by atoms with Crippen molar-refractivity contribution < 1.29 is 9.15 Å². The van der Waals surface area contributed by atoms with Gasteiger partial charge in [0, 0.05) is 55.1 Å². The Bertz CT molecular complexity index is 2090. The summed E-state index contributed by atoms with van der Waals surface area (Å²) in [5.74, 6) is 0.856. The Morgan fingerprint density at radius 1 is 0.894 bits per heavy atom. The third-order valence-corrected chi connectivity index (χ3v) is 9.73. The van der Waals surface area contributed by atoms with Crippen LogP contribution < -0.4 is 15.4 Å². The molecule has 0 fully saturated rings. The van der Waals surface area contributed by atoms with Crippen molar-refractivity contribution in [2.45, 2.75) is 58.3 Å². The molecule has 0 atom stereocenters. The van der Waals surface area contributed by atoms with Gasteiger partial charge in [-0.3, -0.25) is 0 Å². The number of aryl methyl sites for hydroxylation is 1. The number of ether oxygens (including phenoxy) is 1. The number of fused-ring (bicyclic) bond motifs is 2. The molecule has 0 radical (unpaired) electrons. The quantitative estimate of drug-likeness (QED) is 0.209. The molecule has 238 valence electrons. The Hall–Kier alpha value is -5.27. The zero-order valence-corrected chi connectivity index (χ0v) is 28.2. The van der Waals surface area contributed by atoms with E-state index in [-0.39, 0.29) is 16.4 Å². The smallest absolute Gasteiger partial charge is 0.343 e. The Labute approximate surface area is 276 Å². The molecule has 47 heavy (non-hydrogen) atoms. The molecule has 4 heterocycles. The van der Waals surface area contributed by atoms with E-state index in [0.29, 0.717) is 28.2 Å². The molecule has 6 rings (SSSR count). The number of hydrogen-bond donors (Lipinski definition) is 0. The van der Waals surface area contributed by atoms with E-state index in [4.69, 9.17) is 9.15 Å². The highest BCUT2D eigenvalue weighted by Gasteiger charge is 2.41. The lowest BCUT2D eigenvalue weighted by atomic mass is 9.69. The third-order valence-electron chi connectivity index (χ3n) is 9.73. The first-order valence-corrected chi connectivity index (χ1v) is 16.0. The number of anilines is 2. The molecule has 3 aliphatic heterocycles. The molecule has 0 unspecified atom stereocenters. The molecular formula is C40H40N4O3. The van der Waals surface area contributed by atoms with Gasteiger partial charge in [0.2, 0.25) is 0 Å². The van der Waals surface area contributed by atoms with Crippen molar-refractivity contribution in [1.82, 2.24) is 0 Å². The van der Waals surface area contributed by atoms with Crippen molar-refractivity contribution in [3.05, 3.63) is 116 Å². The van der Waals surface area contributed by atoms with Gasteiger partial charge in [0.1, 0.15) is 34.8 Å². The zero-order valence-electron chi connectivity index (χ0n) is 28.2. The van der Waals surface area contributed by atoms with Gasteiger partial charge in [-0.05, 0) is 102 Å². The number of benzene rings is 2. The molecule has 0 saturated carbocycles. The van der Waals surface area contributed by atoms with E-state index in [0.717, 1.165) is 53.7 Å². The first-order chi connectivity index (χ1) is 22.3. The highest BCUT2D eigenvalue weighted by atomic mass is 16.5. The fourth-order valence-electron chi connectivity index (χ4n) is 6.76. The Morgan fingerprint density at radius 3 is 2.15 bits per heavy atom. The van der Waals surface area contributed by atoms with Crippen LogP contribution in [0.25, 0.3) is 23.1 Å². The fraction of sp³-hybridized carbons (Fsp3) is 0.325. The summed E-state index contributed by atoms with van der Waals surface area (Å²) < 4.78 is 12.3. The summed E-state index contributed by atoms with van der Waals surface area (Å²) in [6.45, 7) is 13.1. The second kappa shape index (κ2) is 11.8. The van der Waals surface area contributed by atoms with Crippen LogP contribution in [0.2, 0.25) is 0 Å².